The van der Waals surface area contributed by atoms with Gasteiger partial charge in [0.05, 0.1) is 31.7 Å². The number of hydrogen-bond donors (Lipinski definition) is 1. The summed E-state index contributed by atoms with van der Waals surface area (Å²) in [6, 6.07) is 1.17. The topological polar surface area (TPSA) is 84.2 Å². The maximum absolute atomic E-state index is 11.7. The molecule has 1 saturated heterocycles. The molecular weight excluding hydrogens is 318 g/mol. The lowest BCUT2D eigenvalue weighted by atomic mass is 10.2. The fourth-order valence-electron chi connectivity index (χ4n) is 2.46. The van der Waals surface area contributed by atoms with E-state index in [-0.39, 0.29) is 11.7 Å². The summed E-state index contributed by atoms with van der Waals surface area (Å²) >= 11 is 1.41. The Labute approximate surface area is 138 Å². The van der Waals surface area contributed by atoms with Crippen LogP contribution in [0.2, 0.25) is 0 Å². The van der Waals surface area contributed by atoms with Crippen LogP contribution < -0.4 is 4.90 Å². The number of ether oxygens (including phenoxy) is 2. The van der Waals surface area contributed by atoms with Crippen molar-refractivity contribution >= 4 is 28.5 Å². The van der Waals surface area contributed by atoms with Crippen molar-refractivity contribution in [3.05, 3.63) is 18.0 Å². The van der Waals surface area contributed by atoms with Crippen LogP contribution in [-0.2, 0) is 14.3 Å². The van der Waals surface area contributed by atoms with Crippen molar-refractivity contribution in [2.75, 3.05) is 43.6 Å². The Morgan fingerprint density at radius 1 is 1.52 bits per heavy atom. The number of aliphatic imine (C=N–C) groups is 1. The summed E-state index contributed by atoms with van der Waals surface area (Å²) in [4.78, 5) is 22.5. The van der Waals surface area contributed by atoms with Crippen LogP contribution in [0.4, 0.5) is 5.69 Å². The van der Waals surface area contributed by atoms with Crippen LogP contribution in [0.25, 0.3) is 0 Å². The highest BCUT2D eigenvalue weighted by molar-refractivity contribution is 8.14. The third-order valence-electron chi connectivity index (χ3n) is 3.64. The van der Waals surface area contributed by atoms with Crippen LogP contribution >= 0.6 is 11.8 Å². The zero-order valence-corrected chi connectivity index (χ0v) is 13.7. The number of anilines is 1. The molecule has 0 saturated carbocycles. The molecule has 8 heteroatoms. The van der Waals surface area contributed by atoms with Gasteiger partial charge >= 0.3 is 5.97 Å². The second-order valence-electron chi connectivity index (χ2n) is 5.17. The van der Waals surface area contributed by atoms with Gasteiger partial charge in [0.1, 0.15) is 16.5 Å². The van der Waals surface area contributed by atoms with Gasteiger partial charge in [0.2, 0.25) is 0 Å². The minimum absolute atomic E-state index is 0.0738. The molecular formula is C15H19N3O4S. The standard InChI is InChI=1S/C15H19N3O4S/c1-2-22-15(20)11-9-23-14(17-11)13-12(19)7-10(8-16-13)18-3-5-21-6-4-18/h7-8,11,19H,2-6,9H2,1H3/t11-/m1/s1. The highest BCUT2D eigenvalue weighted by atomic mass is 32.2. The molecule has 7 nitrogen and oxygen atoms in total. The van der Waals surface area contributed by atoms with E-state index >= 15 is 0 Å². The molecule has 1 aromatic heterocycles. The van der Waals surface area contributed by atoms with E-state index in [0.717, 1.165) is 18.8 Å². The first kappa shape index (κ1) is 16.1. The minimum Gasteiger partial charge on any atom is -0.506 e. The first-order valence-corrected chi connectivity index (χ1v) is 8.57. The van der Waals surface area contributed by atoms with Crippen LogP contribution in [0.15, 0.2) is 17.3 Å². The molecule has 1 N–H and O–H groups in total. The fourth-order valence-corrected chi connectivity index (χ4v) is 3.49. The van der Waals surface area contributed by atoms with Crippen molar-refractivity contribution in [2.24, 2.45) is 4.99 Å². The Bertz CT molecular complexity index is 617. The maximum Gasteiger partial charge on any atom is 0.331 e. The molecule has 1 fully saturated rings. The van der Waals surface area contributed by atoms with Gasteiger partial charge in [-0.15, -0.1) is 11.8 Å². The van der Waals surface area contributed by atoms with E-state index in [4.69, 9.17) is 9.47 Å². The number of nitrogens with zero attached hydrogens (tertiary/aromatic N) is 3. The normalized spacial score (nSPS) is 21.2. The number of thioether (sulfide) groups is 1. The predicted molar refractivity (Wildman–Crippen MR) is 88.3 cm³/mol. The monoisotopic (exact) mass is 337 g/mol. The van der Waals surface area contributed by atoms with Gasteiger partial charge in [-0.25, -0.2) is 9.78 Å². The number of rotatable bonds is 4. The van der Waals surface area contributed by atoms with Gasteiger partial charge in [0.15, 0.2) is 6.04 Å². The Kier molecular flexibility index (Phi) is 5.02. The molecule has 0 radical (unpaired) electrons. The summed E-state index contributed by atoms with van der Waals surface area (Å²) in [6.45, 7) is 5.01. The molecule has 3 heterocycles. The van der Waals surface area contributed by atoms with E-state index in [1.807, 2.05) is 0 Å². The maximum atomic E-state index is 11.7. The highest BCUT2D eigenvalue weighted by Crippen LogP contribution is 2.30. The molecule has 0 aliphatic carbocycles. The van der Waals surface area contributed by atoms with E-state index in [2.05, 4.69) is 14.9 Å². The summed E-state index contributed by atoms with van der Waals surface area (Å²) in [5.41, 5.74) is 1.28. The lowest BCUT2D eigenvalue weighted by Gasteiger charge is -2.28. The van der Waals surface area contributed by atoms with Crippen molar-refractivity contribution in [2.45, 2.75) is 13.0 Å². The molecule has 2 aliphatic rings. The second kappa shape index (κ2) is 7.18. The quantitative estimate of drug-likeness (QED) is 0.822. The third kappa shape index (κ3) is 3.59. The van der Waals surface area contributed by atoms with Crippen molar-refractivity contribution in [1.29, 1.82) is 0 Å². The molecule has 2 aliphatic heterocycles. The van der Waals surface area contributed by atoms with E-state index in [9.17, 15) is 9.90 Å². The SMILES string of the molecule is CCOC(=O)[C@H]1CSC(c2ncc(N3CCOCC3)cc2O)=N1. The lowest BCUT2D eigenvalue weighted by molar-refractivity contribution is -0.143. The average Bonchev–Trinajstić information content (AvgIpc) is 3.05. The van der Waals surface area contributed by atoms with Crippen molar-refractivity contribution in [3.63, 3.8) is 0 Å². The van der Waals surface area contributed by atoms with Crippen molar-refractivity contribution < 1.29 is 19.4 Å². The van der Waals surface area contributed by atoms with Gasteiger partial charge in [-0.3, -0.25) is 4.99 Å². The molecule has 0 bridgehead atoms. The Morgan fingerprint density at radius 2 is 2.30 bits per heavy atom. The van der Waals surface area contributed by atoms with Crippen LogP contribution in [-0.4, -0.2) is 65.8 Å². The highest BCUT2D eigenvalue weighted by Gasteiger charge is 2.29. The molecule has 23 heavy (non-hydrogen) atoms. The van der Waals surface area contributed by atoms with Crippen LogP contribution in [0.3, 0.4) is 0 Å². The van der Waals surface area contributed by atoms with E-state index in [1.165, 1.54) is 11.8 Å². The molecule has 124 valence electrons. The van der Waals surface area contributed by atoms with Crippen molar-refractivity contribution in [1.82, 2.24) is 4.98 Å². The number of hydrogen-bond acceptors (Lipinski definition) is 8. The second-order valence-corrected chi connectivity index (χ2v) is 6.18. The van der Waals surface area contributed by atoms with Gasteiger partial charge in [0.25, 0.3) is 0 Å². The minimum atomic E-state index is -0.518. The van der Waals surface area contributed by atoms with Crippen molar-refractivity contribution in [3.8, 4) is 5.75 Å². The van der Waals surface area contributed by atoms with Gasteiger partial charge in [-0.05, 0) is 6.92 Å². The number of pyridine rings is 1. The third-order valence-corrected chi connectivity index (χ3v) is 4.70. The summed E-state index contributed by atoms with van der Waals surface area (Å²) in [5, 5.41) is 10.9. The zero-order chi connectivity index (χ0) is 16.2. The zero-order valence-electron chi connectivity index (χ0n) is 12.9. The summed E-state index contributed by atoms with van der Waals surface area (Å²) < 4.78 is 10.3. The summed E-state index contributed by atoms with van der Waals surface area (Å²) in [7, 11) is 0. The molecule has 0 amide bonds. The molecule has 1 atom stereocenters. The average molecular weight is 337 g/mol. The molecule has 1 aromatic rings. The van der Waals surface area contributed by atoms with E-state index in [0.29, 0.717) is 36.3 Å². The number of esters is 1. The number of carbonyl (C=O) groups is 1. The van der Waals surface area contributed by atoms with Crippen LogP contribution in [0, 0.1) is 0 Å². The predicted octanol–water partition coefficient (Wildman–Crippen LogP) is 1.05. The molecule has 0 spiro atoms. The first-order chi connectivity index (χ1) is 11.2. The van der Waals surface area contributed by atoms with Gasteiger partial charge < -0.3 is 19.5 Å². The van der Waals surface area contributed by atoms with Gasteiger partial charge in [0, 0.05) is 24.9 Å². The number of aromatic nitrogens is 1. The smallest absolute Gasteiger partial charge is 0.331 e. The van der Waals surface area contributed by atoms with Gasteiger partial charge in [-0.1, -0.05) is 0 Å². The number of aromatic hydroxyl groups is 1. The molecule has 0 aromatic carbocycles. The van der Waals surface area contributed by atoms with E-state index in [1.54, 1.807) is 19.2 Å². The van der Waals surface area contributed by atoms with Gasteiger partial charge in [-0.2, -0.15) is 0 Å². The van der Waals surface area contributed by atoms with Crippen LogP contribution in [0.1, 0.15) is 12.6 Å². The Balaban J connectivity index is 1.76. The Hall–Kier alpha value is -1.80. The summed E-state index contributed by atoms with van der Waals surface area (Å²) in [6.07, 6.45) is 1.72. The first-order valence-electron chi connectivity index (χ1n) is 7.58. The molecule has 0 unspecified atom stereocenters. The Morgan fingerprint density at radius 3 is 3.00 bits per heavy atom. The number of morpholine rings is 1. The largest absolute Gasteiger partial charge is 0.506 e. The fraction of sp³-hybridized carbons (Fsp3) is 0.533. The van der Waals surface area contributed by atoms with E-state index < -0.39 is 6.04 Å². The number of carbonyl (C=O) groups excluding carboxylic acids is 1. The lowest BCUT2D eigenvalue weighted by Crippen LogP contribution is -2.36. The van der Waals surface area contributed by atoms with Crippen LogP contribution in [0.5, 0.6) is 5.75 Å². The summed E-state index contributed by atoms with van der Waals surface area (Å²) in [5.74, 6) is 0.254. The molecule has 3 rings (SSSR count).